The molecule has 6 heteroatoms. The van der Waals surface area contributed by atoms with Gasteiger partial charge in [-0.05, 0) is 104 Å². The maximum Gasteiger partial charge on any atom is 0.309 e. The average Bonchev–Trinajstić information content (AvgIpc) is 3.37. The van der Waals surface area contributed by atoms with Gasteiger partial charge >= 0.3 is 5.97 Å². The number of hydrogen-bond donors (Lipinski definition) is 0. The molecule has 0 radical (unpaired) electrons. The lowest BCUT2D eigenvalue weighted by Crippen LogP contribution is -2.45. The van der Waals surface area contributed by atoms with Gasteiger partial charge in [-0.3, -0.25) is 4.79 Å². The fourth-order valence-corrected chi connectivity index (χ4v) is 6.42. The van der Waals surface area contributed by atoms with Crippen LogP contribution >= 0.6 is 34.2 Å². The summed E-state index contributed by atoms with van der Waals surface area (Å²) in [6.45, 7) is 4.60. The molecular formula is C20H26ClIN2O2. The fourth-order valence-electron chi connectivity index (χ4n) is 5.12. The van der Waals surface area contributed by atoms with Crippen LogP contribution in [0.15, 0.2) is 0 Å². The molecule has 2 bridgehead atoms. The van der Waals surface area contributed by atoms with Gasteiger partial charge in [0.25, 0.3) is 0 Å². The van der Waals surface area contributed by atoms with Crippen molar-refractivity contribution in [3.63, 3.8) is 0 Å². The molecule has 0 N–H and O–H groups in total. The van der Waals surface area contributed by atoms with E-state index in [9.17, 15) is 4.79 Å². The Balaban J connectivity index is 1.65. The molecule has 0 aromatic carbocycles. The number of aromatic nitrogens is 2. The Bertz CT molecular complexity index is 714. The Morgan fingerprint density at radius 3 is 2.50 bits per heavy atom. The summed E-state index contributed by atoms with van der Waals surface area (Å²) < 4.78 is 6.59. The molecule has 4 aliphatic carbocycles. The molecule has 5 rings (SSSR count). The van der Waals surface area contributed by atoms with Crippen LogP contribution in [0.4, 0.5) is 0 Å². The molecule has 26 heavy (non-hydrogen) atoms. The number of hydrogen-bond acceptors (Lipinski definition) is 4. The van der Waals surface area contributed by atoms with Crippen LogP contribution in [0.5, 0.6) is 0 Å². The van der Waals surface area contributed by atoms with Crippen molar-refractivity contribution in [3.8, 4) is 0 Å². The number of nitrogens with zero attached hydrogens (tertiary/aromatic N) is 2. The molecule has 0 spiro atoms. The first-order chi connectivity index (χ1) is 12.4. The Morgan fingerprint density at radius 1 is 1.23 bits per heavy atom. The molecule has 142 valence electrons. The summed E-state index contributed by atoms with van der Waals surface area (Å²) in [7, 11) is 0. The second-order valence-corrected chi connectivity index (χ2v) is 9.90. The zero-order chi connectivity index (χ0) is 18.5. The van der Waals surface area contributed by atoms with Crippen LogP contribution in [0.25, 0.3) is 0 Å². The van der Waals surface area contributed by atoms with Gasteiger partial charge in [-0.1, -0.05) is 6.92 Å². The van der Waals surface area contributed by atoms with Crippen LogP contribution in [0, 0.1) is 27.2 Å². The maximum atomic E-state index is 12.7. The van der Waals surface area contributed by atoms with E-state index in [1.54, 1.807) is 0 Å². The van der Waals surface area contributed by atoms with Crippen molar-refractivity contribution in [2.75, 3.05) is 6.61 Å². The third kappa shape index (κ3) is 3.38. The number of halogens is 2. The highest BCUT2D eigenvalue weighted by Crippen LogP contribution is 2.52. The van der Waals surface area contributed by atoms with Crippen molar-refractivity contribution < 1.29 is 9.53 Å². The van der Waals surface area contributed by atoms with Gasteiger partial charge in [-0.15, -0.1) is 0 Å². The average molecular weight is 489 g/mol. The normalized spacial score (nSPS) is 31.7. The predicted molar refractivity (Wildman–Crippen MR) is 109 cm³/mol. The number of esters is 1. The summed E-state index contributed by atoms with van der Waals surface area (Å²) in [5, 5.41) is 0.345. The summed E-state index contributed by atoms with van der Waals surface area (Å²) in [6.07, 6.45) is 7.92. The van der Waals surface area contributed by atoms with E-state index in [2.05, 4.69) is 39.5 Å². The number of carbonyl (C=O) groups excluding carboxylic acids is 1. The molecule has 4 fully saturated rings. The molecule has 1 heterocycles. The minimum atomic E-state index is -0.00330. The Morgan fingerprint density at radius 2 is 1.88 bits per heavy atom. The van der Waals surface area contributed by atoms with Crippen molar-refractivity contribution in [1.82, 2.24) is 9.97 Å². The molecule has 1 aromatic heterocycles. The second kappa shape index (κ2) is 7.19. The number of carbonyl (C=O) groups is 1. The van der Waals surface area contributed by atoms with E-state index < -0.39 is 0 Å². The van der Waals surface area contributed by atoms with Gasteiger partial charge in [-0.25, -0.2) is 9.97 Å². The highest BCUT2D eigenvalue weighted by Gasteiger charge is 2.48. The van der Waals surface area contributed by atoms with E-state index in [4.69, 9.17) is 16.3 Å². The van der Waals surface area contributed by atoms with Crippen LogP contribution in [-0.4, -0.2) is 22.5 Å². The number of fused-ring (bicyclic) bond motifs is 3. The predicted octanol–water partition coefficient (Wildman–Crippen LogP) is 4.94. The molecule has 4 aliphatic rings. The monoisotopic (exact) mass is 488 g/mol. The van der Waals surface area contributed by atoms with E-state index in [1.165, 1.54) is 12.8 Å². The maximum absolute atomic E-state index is 12.7. The molecule has 0 aliphatic heterocycles. The molecule has 2 atom stereocenters. The van der Waals surface area contributed by atoms with Gasteiger partial charge in [0.15, 0.2) is 0 Å². The summed E-state index contributed by atoms with van der Waals surface area (Å²) in [6, 6.07) is 0. The van der Waals surface area contributed by atoms with E-state index in [1.807, 2.05) is 6.92 Å². The van der Waals surface area contributed by atoms with E-state index in [-0.39, 0.29) is 17.3 Å². The summed E-state index contributed by atoms with van der Waals surface area (Å²) in [5.41, 5.74) is 2.28. The first kappa shape index (κ1) is 18.9. The Labute approximate surface area is 174 Å². The number of ether oxygens (including phenoxy) is 1. The SMILES string of the molecule is CCOC(=O)[C@H]1C2CCC(CC2)[C@@H]1Cc1nc(Cl)nc(C2(C)CC2)c1I. The van der Waals surface area contributed by atoms with E-state index in [0.717, 1.165) is 47.1 Å². The Hall–Kier alpha value is -0.430. The first-order valence-electron chi connectivity index (χ1n) is 9.82. The van der Waals surface area contributed by atoms with Gasteiger partial charge in [0.2, 0.25) is 5.28 Å². The fraction of sp³-hybridized carbons (Fsp3) is 0.750. The zero-order valence-electron chi connectivity index (χ0n) is 15.4. The lowest BCUT2D eigenvalue weighted by Gasteiger charge is -2.47. The lowest BCUT2D eigenvalue weighted by molar-refractivity contribution is -0.158. The van der Waals surface area contributed by atoms with Gasteiger partial charge in [0.1, 0.15) is 0 Å². The topological polar surface area (TPSA) is 52.1 Å². The first-order valence-corrected chi connectivity index (χ1v) is 11.3. The molecule has 4 saturated carbocycles. The minimum Gasteiger partial charge on any atom is -0.466 e. The minimum absolute atomic E-state index is 0.00330. The smallest absolute Gasteiger partial charge is 0.309 e. The van der Waals surface area contributed by atoms with Crippen molar-refractivity contribution in [2.24, 2.45) is 23.7 Å². The van der Waals surface area contributed by atoms with Crippen molar-refractivity contribution >= 4 is 40.2 Å². The third-order valence-corrected chi connectivity index (χ3v) is 8.15. The zero-order valence-corrected chi connectivity index (χ0v) is 18.3. The molecule has 0 saturated heterocycles. The van der Waals surface area contributed by atoms with Crippen molar-refractivity contribution in [3.05, 3.63) is 20.2 Å². The Kier molecular flexibility index (Phi) is 5.23. The van der Waals surface area contributed by atoms with Crippen molar-refractivity contribution in [2.45, 2.75) is 64.2 Å². The van der Waals surface area contributed by atoms with Crippen molar-refractivity contribution in [1.29, 1.82) is 0 Å². The molecule has 0 amide bonds. The third-order valence-electron chi connectivity index (χ3n) is 6.84. The van der Waals surface area contributed by atoms with Crippen LogP contribution in [0.1, 0.15) is 63.8 Å². The van der Waals surface area contributed by atoms with Gasteiger partial charge in [-0.2, -0.15) is 0 Å². The highest BCUT2D eigenvalue weighted by atomic mass is 127. The number of rotatable bonds is 5. The van der Waals surface area contributed by atoms with E-state index in [0.29, 0.717) is 29.6 Å². The lowest BCUT2D eigenvalue weighted by atomic mass is 9.57. The summed E-state index contributed by atoms with van der Waals surface area (Å²) in [4.78, 5) is 21.8. The van der Waals surface area contributed by atoms with Crippen LogP contribution in [-0.2, 0) is 21.4 Å². The van der Waals surface area contributed by atoms with Gasteiger partial charge in [0, 0.05) is 5.41 Å². The largest absolute Gasteiger partial charge is 0.466 e. The van der Waals surface area contributed by atoms with Crippen LogP contribution in [0.2, 0.25) is 5.28 Å². The van der Waals surface area contributed by atoms with E-state index >= 15 is 0 Å². The summed E-state index contributed by atoms with van der Waals surface area (Å²) >= 11 is 8.67. The quantitative estimate of drug-likeness (QED) is 0.334. The molecular weight excluding hydrogens is 463 g/mol. The molecule has 0 unspecified atom stereocenters. The summed E-state index contributed by atoms with van der Waals surface area (Å²) in [5.74, 6) is 1.41. The van der Waals surface area contributed by atoms with Gasteiger partial charge in [0.05, 0.1) is 27.5 Å². The van der Waals surface area contributed by atoms with Crippen LogP contribution in [0.3, 0.4) is 0 Å². The molecule has 1 aromatic rings. The molecule has 4 nitrogen and oxygen atoms in total. The van der Waals surface area contributed by atoms with Gasteiger partial charge < -0.3 is 4.74 Å². The van der Waals surface area contributed by atoms with Crippen LogP contribution < -0.4 is 0 Å². The highest BCUT2D eigenvalue weighted by molar-refractivity contribution is 14.1. The second-order valence-electron chi connectivity index (χ2n) is 8.48. The standard InChI is InChI=1S/C20H26ClIN2O2/c1-3-26-18(25)15-12-6-4-11(5-7-12)13(15)10-14-16(22)17(20(2)8-9-20)24-19(21)23-14/h11-13,15H,3-10H2,1-2H3/t11?,12?,13-,15-/m0/s1.